The maximum absolute atomic E-state index is 12.9. The van der Waals surface area contributed by atoms with E-state index in [2.05, 4.69) is 4.99 Å². The van der Waals surface area contributed by atoms with Gasteiger partial charge in [-0.2, -0.15) is 0 Å². The zero-order valence-electron chi connectivity index (χ0n) is 14.6. The molecule has 2 unspecified atom stereocenters. The topological polar surface area (TPSA) is 159 Å². The van der Waals surface area contributed by atoms with Gasteiger partial charge in [-0.3, -0.25) is 19.3 Å². The van der Waals surface area contributed by atoms with Gasteiger partial charge in [-0.25, -0.2) is 9.79 Å². The van der Waals surface area contributed by atoms with Crippen molar-refractivity contribution < 1.29 is 24.3 Å². The summed E-state index contributed by atoms with van der Waals surface area (Å²) in [5, 5.41) is 9.28. The number of nitrogens with zero attached hydrogens (tertiary/aromatic N) is 3. The lowest BCUT2D eigenvalue weighted by atomic mass is 9.79. The third-order valence-electron chi connectivity index (χ3n) is 4.70. The van der Waals surface area contributed by atoms with Crippen molar-refractivity contribution in [3.05, 3.63) is 0 Å². The molecule has 2 saturated heterocycles. The van der Waals surface area contributed by atoms with Crippen LogP contribution in [0.2, 0.25) is 0 Å². The lowest BCUT2D eigenvalue weighted by molar-refractivity contribution is -0.175. The largest absolute Gasteiger partial charge is 0.480 e. The highest BCUT2D eigenvalue weighted by Crippen LogP contribution is 2.35. The number of imide groups is 1. The summed E-state index contributed by atoms with van der Waals surface area (Å²) >= 11 is 0. The molecule has 0 aromatic carbocycles. The van der Waals surface area contributed by atoms with E-state index in [0.717, 1.165) is 4.90 Å². The minimum atomic E-state index is -1.10. The molecule has 0 aromatic rings. The number of likely N-dealkylation sites (tertiary alicyclic amines) is 2. The predicted octanol–water partition coefficient (Wildman–Crippen LogP) is -1.09. The molecule has 2 aliphatic rings. The van der Waals surface area contributed by atoms with Crippen LogP contribution in [0.4, 0.5) is 0 Å². The Morgan fingerprint density at radius 2 is 1.96 bits per heavy atom. The van der Waals surface area contributed by atoms with Crippen LogP contribution in [0, 0.1) is 5.92 Å². The summed E-state index contributed by atoms with van der Waals surface area (Å²) in [5.41, 5.74) is 10.8. The number of aliphatic imine (C=N–C) groups is 1. The van der Waals surface area contributed by atoms with Gasteiger partial charge in [0.15, 0.2) is 5.96 Å². The number of hydrogen-bond acceptors (Lipinski definition) is 5. The van der Waals surface area contributed by atoms with Crippen LogP contribution >= 0.6 is 12.4 Å². The van der Waals surface area contributed by atoms with Gasteiger partial charge in [0.25, 0.3) is 0 Å². The van der Waals surface area contributed by atoms with Crippen LogP contribution in [-0.2, 0) is 19.2 Å². The van der Waals surface area contributed by atoms with Crippen molar-refractivity contribution in [2.75, 3.05) is 6.54 Å². The van der Waals surface area contributed by atoms with Crippen LogP contribution in [0.1, 0.15) is 33.1 Å². The van der Waals surface area contributed by atoms with Gasteiger partial charge in [0.2, 0.25) is 17.7 Å². The van der Waals surface area contributed by atoms with Crippen molar-refractivity contribution in [2.45, 2.75) is 51.2 Å². The van der Waals surface area contributed by atoms with Crippen LogP contribution in [-0.4, -0.2) is 69.2 Å². The molecular formula is C15H24ClN5O5. The summed E-state index contributed by atoms with van der Waals surface area (Å²) in [6, 6.07) is -2.66. The number of hydrogen-bond donors (Lipinski definition) is 3. The van der Waals surface area contributed by atoms with Gasteiger partial charge >= 0.3 is 5.97 Å². The fourth-order valence-corrected chi connectivity index (χ4v) is 3.58. The van der Waals surface area contributed by atoms with Crippen molar-refractivity contribution in [3.8, 4) is 0 Å². The smallest absolute Gasteiger partial charge is 0.326 e. The first kappa shape index (κ1) is 21.7. The second-order valence-electron chi connectivity index (χ2n) is 6.26. The number of halogens is 1. The quantitative estimate of drug-likeness (QED) is 0.306. The molecule has 0 aliphatic carbocycles. The molecule has 0 aromatic heterocycles. The Morgan fingerprint density at radius 3 is 2.42 bits per heavy atom. The Kier molecular flexibility index (Phi) is 6.96. The van der Waals surface area contributed by atoms with Crippen molar-refractivity contribution in [3.63, 3.8) is 0 Å². The highest BCUT2D eigenvalue weighted by atomic mass is 35.5. The van der Waals surface area contributed by atoms with Gasteiger partial charge < -0.3 is 21.5 Å². The molecule has 5 N–H and O–H groups in total. The molecule has 0 radical (unpaired) electrons. The van der Waals surface area contributed by atoms with E-state index in [0.29, 0.717) is 19.3 Å². The summed E-state index contributed by atoms with van der Waals surface area (Å²) in [6.45, 7) is 3.23. The summed E-state index contributed by atoms with van der Waals surface area (Å²) < 4.78 is 0. The minimum absolute atomic E-state index is 0. The lowest BCUT2D eigenvalue weighted by Gasteiger charge is -2.47. The van der Waals surface area contributed by atoms with Crippen molar-refractivity contribution in [1.29, 1.82) is 0 Å². The van der Waals surface area contributed by atoms with Gasteiger partial charge in [0.1, 0.15) is 12.1 Å². The molecule has 2 rings (SSSR count). The molecule has 0 saturated carbocycles. The second kappa shape index (κ2) is 8.35. The molecule has 4 atom stereocenters. The van der Waals surface area contributed by atoms with Gasteiger partial charge in [0, 0.05) is 13.5 Å². The molecule has 10 nitrogen and oxygen atoms in total. The molecular weight excluding hydrogens is 366 g/mol. The Labute approximate surface area is 157 Å². The number of rotatable bonds is 5. The van der Waals surface area contributed by atoms with Crippen LogP contribution in [0.5, 0.6) is 0 Å². The number of carbonyl (C=O) groups excluding carboxylic acids is 3. The number of guanidine groups is 1. The normalized spacial score (nSPS) is 25.8. The van der Waals surface area contributed by atoms with Crippen LogP contribution in [0.15, 0.2) is 4.99 Å². The maximum Gasteiger partial charge on any atom is 0.326 e. The number of nitrogens with two attached hydrogens (primary N) is 2. The second-order valence-corrected chi connectivity index (χ2v) is 6.26. The lowest BCUT2D eigenvalue weighted by Crippen LogP contribution is -2.71. The van der Waals surface area contributed by atoms with Crippen LogP contribution in [0.25, 0.3) is 0 Å². The molecule has 146 valence electrons. The highest BCUT2D eigenvalue weighted by molar-refractivity contribution is 6.09. The van der Waals surface area contributed by atoms with Gasteiger partial charge in [-0.15, -0.1) is 12.4 Å². The zero-order valence-corrected chi connectivity index (χ0v) is 15.4. The fraction of sp³-hybridized carbons (Fsp3) is 0.667. The average molecular weight is 390 g/mol. The number of amides is 3. The summed E-state index contributed by atoms with van der Waals surface area (Å²) in [4.78, 5) is 54.6. The number of aliphatic carboxylic acids is 1. The van der Waals surface area contributed by atoms with Gasteiger partial charge in [-0.05, 0) is 19.3 Å². The first-order valence-electron chi connectivity index (χ1n) is 8.16. The fourth-order valence-electron chi connectivity index (χ4n) is 3.58. The Bertz CT molecular complexity index is 636. The van der Waals surface area contributed by atoms with Crippen LogP contribution < -0.4 is 11.5 Å². The Hall–Kier alpha value is -2.36. The van der Waals surface area contributed by atoms with Gasteiger partial charge in [-0.1, -0.05) is 6.92 Å². The van der Waals surface area contributed by atoms with Crippen molar-refractivity contribution in [1.82, 2.24) is 9.80 Å². The summed E-state index contributed by atoms with van der Waals surface area (Å²) in [7, 11) is 0. The molecule has 0 bridgehead atoms. The standard InChI is InChI=1S/C15H23N5O5.ClH/c1-3-8(18-15(16)17)10-11(20(7(2)21)12(10)22)13(23)19-6-4-5-9(19)14(24)25;/h8-11H,3-6H2,1-2H3,(H,24,25)(H4,16,17,18);1H/t8?,9?,10-,11+;/m1./s1. The number of carboxylic acid groups (broad SMARTS) is 1. The molecule has 2 aliphatic heterocycles. The maximum atomic E-state index is 12.9. The Balaban J connectivity index is 0.00000338. The van der Waals surface area contributed by atoms with E-state index in [9.17, 15) is 24.3 Å². The molecule has 3 amide bonds. The molecule has 11 heteroatoms. The minimum Gasteiger partial charge on any atom is -0.480 e. The van der Waals surface area contributed by atoms with Crippen LogP contribution in [0.3, 0.4) is 0 Å². The SMILES string of the molecule is CCC(N=C(N)N)[C@H]1C(=O)N(C(C)=O)[C@@H]1C(=O)N1CCCC1C(=O)O.Cl. The van der Waals surface area contributed by atoms with E-state index in [1.54, 1.807) is 6.92 Å². The zero-order chi connectivity index (χ0) is 18.9. The average Bonchev–Trinajstić information content (AvgIpc) is 2.99. The number of β-lactam (4-membered cyclic amide) rings is 1. The third-order valence-corrected chi connectivity index (χ3v) is 4.70. The molecule has 0 spiro atoms. The summed E-state index contributed by atoms with van der Waals surface area (Å²) in [6.07, 6.45) is 1.29. The van der Waals surface area contributed by atoms with Crippen molar-refractivity contribution in [2.24, 2.45) is 22.4 Å². The first-order chi connectivity index (χ1) is 11.7. The number of carboxylic acids is 1. The molecule has 2 heterocycles. The number of carbonyl (C=O) groups is 4. The van der Waals surface area contributed by atoms with E-state index in [4.69, 9.17) is 11.5 Å². The van der Waals surface area contributed by atoms with E-state index in [-0.39, 0.29) is 24.9 Å². The predicted molar refractivity (Wildman–Crippen MR) is 94.3 cm³/mol. The monoisotopic (exact) mass is 389 g/mol. The first-order valence-corrected chi connectivity index (χ1v) is 8.16. The third kappa shape index (κ3) is 3.74. The Morgan fingerprint density at radius 1 is 1.35 bits per heavy atom. The summed E-state index contributed by atoms with van der Waals surface area (Å²) in [5.74, 6) is -3.82. The van der Waals surface area contributed by atoms with E-state index in [1.165, 1.54) is 11.8 Å². The van der Waals surface area contributed by atoms with E-state index in [1.807, 2.05) is 0 Å². The van der Waals surface area contributed by atoms with Gasteiger partial charge in [0.05, 0.1) is 12.0 Å². The van der Waals surface area contributed by atoms with Crippen molar-refractivity contribution >= 4 is 42.1 Å². The molecule has 2 fully saturated rings. The van der Waals surface area contributed by atoms with E-state index < -0.39 is 47.7 Å². The van der Waals surface area contributed by atoms with E-state index >= 15 is 0 Å². The highest BCUT2D eigenvalue weighted by Gasteiger charge is 2.58. The molecule has 26 heavy (non-hydrogen) atoms.